The first-order chi connectivity index (χ1) is 13.5. The van der Waals surface area contributed by atoms with E-state index in [9.17, 15) is 9.59 Å². The highest BCUT2D eigenvalue weighted by Gasteiger charge is 2.26. The van der Waals surface area contributed by atoms with Gasteiger partial charge >= 0.3 is 0 Å². The van der Waals surface area contributed by atoms with Gasteiger partial charge in [0.05, 0.1) is 5.69 Å². The van der Waals surface area contributed by atoms with Crippen molar-refractivity contribution in [2.45, 2.75) is 12.8 Å². The van der Waals surface area contributed by atoms with Gasteiger partial charge in [-0.1, -0.05) is 17.7 Å². The molecule has 1 aliphatic rings. The van der Waals surface area contributed by atoms with E-state index < -0.39 is 0 Å². The third kappa shape index (κ3) is 4.91. The zero-order valence-electron chi connectivity index (χ0n) is 16.3. The highest BCUT2D eigenvalue weighted by molar-refractivity contribution is 6.31. The lowest BCUT2D eigenvalue weighted by molar-refractivity contribution is -0.132. The fourth-order valence-corrected chi connectivity index (χ4v) is 3.54. The molecule has 0 aromatic carbocycles. The van der Waals surface area contributed by atoms with Gasteiger partial charge in [0, 0.05) is 44.4 Å². The minimum atomic E-state index is -0.0755. The van der Waals surface area contributed by atoms with Gasteiger partial charge < -0.3 is 15.1 Å². The topological polar surface area (TPSA) is 70.0 Å². The van der Waals surface area contributed by atoms with Crippen molar-refractivity contribution in [3.8, 4) is 0 Å². The molecule has 2 aromatic heterocycles. The molecule has 0 aliphatic carbocycles. The second-order valence-electron chi connectivity index (χ2n) is 7.24. The molecule has 7 nitrogen and oxygen atoms in total. The first kappa shape index (κ1) is 20.4. The maximum Gasteiger partial charge on any atom is 0.246 e. The normalized spacial score (nSPS) is 15.6. The Morgan fingerprint density at radius 1 is 1.32 bits per heavy atom. The van der Waals surface area contributed by atoms with Gasteiger partial charge in [0.2, 0.25) is 11.8 Å². The molecule has 2 aromatic rings. The maximum atomic E-state index is 12.5. The predicted octanol–water partition coefficient (Wildman–Crippen LogP) is 1.92. The van der Waals surface area contributed by atoms with Gasteiger partial charge in [-0.15, -0.1) is 0 Å². The quantitative estimate of drug-likeness (QED) is 0.748. The number of halogens is 1. The van der Waals surface area contributed by atoms with Crippen LogP contribution in [0.15, 0.2) is 30.5 Å². The summed E-state index contributed by atoms with van der Waals surface area (Å²) in [6.45, 7) is 2.62. The van der Waals surface area contributed by atoms with E-state index in [0.29, 0.717) is 43.3 Å². The number of nitrogens with one attached hydrogen (secondary N) is 1. The summed E-state index contributed by atoms with van der Waals surface area (Å²) < 4.78 is 1.84. The molecule has 28 heavy (non-hydrogen) atoms. The Kier molecular flexibility index (Phi) is 6.70. The summed E-state index contributed by atoms with van der Waals surface area (Å²) in [4.78, 5) is 32.8. The van der Waals surface area contributed by atoms with Crippen LogP contribution < -0.4 is 5.32 Å². The Morgan fingerprint density at radius 3 is 2.79 bits per heavy atom. The second kappa shape index (κ2) is 9.21. The summed E-state index contributed by atoms with van der Waals surface area (Å²) >= 11 is 6.20. The van der Waals surface area contributed by atoms with E-state index in [1.807, 2.05) is 47.8 Å². The zero-order chi connectivity index (χ0) is 20.1. The van der Waals surface area contributed by atoms with E-state index in [1.165, 1.54) is 6.08 Å². The van der Waals surface area contributed by atoms with Crippen LogP contribution in [0.1, 0.15) is 18.5 Å². The third-order valence-corrected chi connectivity index (χ3v) is 5.22. The van der Waals surface area contributed by atoms with Gasteiger partial charge in [0.15, 0.2) is 5.15 Å². The van der Waals surface area contributed by atoms with Gasteiger partial charge in [-0.05, 0) is 45.1 Å². The Bertz CT molecular complexity index is 869. The van der Waals surface area contributed by atoms with Crippen molar-refractivity contribution in [1.82, 2.24) is 24.5 Å². The van der Waals surface area contributed by atoms with Gasteiger partial charge in [0.1, 0.15) is 5.65 Å². The summed E-state index contributed by atoms with van der Waals surface area (Å²) in [5, 5.41) is 3.34. The van der Waals surface area contributed by atoms with E-state index >= 15 is 0 Å². The average Bonchev–Trinajstić information content (AvgIpc) is 3.01. The largest absolute Gasteiger partial charge is 0.355 e. The van der Waals surface area contributed by atoms with E-state index in [-0.39, 0.29) is 17.7 Å². The number of aromatic nitrogens is 2. The SMILES string of the molecule is CN(C)CCNC(=O)C1CCN(C(=O)/C=C/c2c(Cl)nc3ccccn23)CC1. The van der Waals surface area contributed by atoms with Crippen LogP contribution in [0.4, 0.5) is 0 Å². The molecule has 150 valence electrons. The standard InChI is InChI=1S/C20H26ClN5O2/c1-24(2)14-10-22-20(28)15-8-12-25(13-9-15)18(27)7-6-16-19(21)23-17-5-3-4-11-26(16)17/h3-7,11,15H,8-10,12-14H2,1-2H3,(H,22,28)/b7-6+. The average molecular weight is 404 g/mol. The lowest BCUT2D eigenvalue weighted by Gasteiger charge is -2.30. The van der Waals surface area contributed by atoms with Crippen LogP contribution in [-0.2, 0) is 9.59 Å². The van der Waals surface area contributed by atoms with E-state index in [2.05, 4.69) is 10.3 Å². The number of carbonyl (C=O) groups is 2. The molecule has 3 heterocycles. The minimum absolute atomic E-state index is 0.0246. The van der Waals surface area contributed by atoms with Crippen molar-refractivity contribution < 1.29 is 9.59 Å². The van der Waals surface area contributed by atoms with Crippen LogP contribution in [0.2, 0.25) is 5.15 Å². The number of amides is 2. The summed E-state index contributed by atoms with van der Waals surface area (Å²) in [6, 6.07) is 5.63. The number of likely N-dealkylation sites (tertiary alicyclic amines) is 1. The van der Waals surface area contributed by atoms with Crippen molar-refractivity contribution in [1.29, 1.82) is 0 Å². The molecule has 0 radical (unpaired) electrons. The third-order valence-electron chi connectivity index (χ3n) is 4.94. The van der Waals surface area contributed by atoms with Crippen molar-refractivity contribution in [3.63, 3.8) is 0 Å². The highest BCUT2D eigenvalue weighted by atomic mass is 35.5. The molecule has 0 unspecified atom stereocenters. The number of carbonyl (C=O) groups excluding carboxylic acids is 2. The maximum absolute atomic E-state index is 12.5. The summed E-state index contributed by atoms with van der Waals surface area (Å²) in [7, 11) is 3.95. The summed E-state index contributed by atoms with van der Waals surface area (Å²) in [5.74, 6) is -0.0150. The molecule has 2 amide bonds. The number of fused-ring (bicyclic) bond motifs is 1. The number of imidazole rings is 1. The number of nitrogens with zero attached hydrogens (tertiary/aromatic N) is 4. The number of pyridine rings is 1. The number of piperidine rings is 1. The molecule has 1 N–H and O–H groups in total. The van der Waals surface area contributed by atoms with Crippen LogP contribution >= 0.6 is 11.6 Å². The Labute approximate surface area is 170 Å². The Balaban J connectivity index is 1.53. The fraction of sp³-hybridized carbons (Fsp3) is 0.450. The lowest BCUT2D eigenvalue weighted by atomic mass is 9.96. The first-order valence-electron chi connectivity index (χ1n) is 9.47. The van der Waals surface area contributed by atoms with Gasteiger partial charge in [0.25, 0.3) is 0 Å². The molecular formula is C20H26ClN5O2. The highest BCUT2D eigenvalue weighted by Crippen LogP contribution is 2.20. The van der Waals surface area contributed by atoms with Crippen molar-refractivity contribution >= 4 is 35.1 Å². The van der Waals surface area contributed by atoms with Crippen molar-refractivity contribution in [3.05, 3.63) is 41.3 Å². The number of hydrogen-bond acceptors (Lipinski definition) is 4. The summed E-state index contributed by atoms with van der Waals surface area (Å²) in [5.41, 5.74) is 1.42. The molecule has 1 saturated heterocycles. The number of hydrogen-bond donors (Lipinski definition) is 1. The molecule has 3 rings (SSSR count). The molecule has 0 spiro atoms. The molecule has 1 aliphatic heterocycles. The Hall–Kier alpha value is -2.38. The van der Waals surface area contributed by atoms with Gasteiger partial charge in [-0.25, -0.2) is 4.98 Å². The molecule has 0 saturated carbocycles. The smallest absolute Gasteiger partial charge is 0.246 e. The van der Waals surface area contributed by atoms with Crippen LogP contribution in [0.25, 0.3) is 11.7 Å². The zero-order valence-corrected chi connectivity index (χ0v) is 17.0. The van der Waals surface area contributed by atoms with Crippen LogP contribution in [0, 0.1) is 5.92 Å². The predicted molar refractivity (Wildman–Crippen MR) is 110 cm³/mol. The molecule has 8 heteroatoms. The fourth-order valence-electron chi connectivity index (χ4n) is 3.30. The monoisotopic (exact) mass is 403 g/mol. The number of likely N-dealkylation sites (N-methyl/N-ethyl adjacent to an activating group) is 1. The van der Waals surface area contributed by atoms with Crippen LogP contribution in [0.5, 0.6) is 0 Å². The lowest BCUT2D eigenvalue weighted by Crippen LogP contribution is -2.43. The molecule has 0 atom stereocenters. The van der Waals surface area contributed by atoms with Gasteiger partial charge in [-0.2, -0.15) is 0 Å². The van der Waals surface area contributed by atoms with E-state index in [1.54, 1.807) is 11.0 Å². The van der Waals surface area contributed by atoms with Crippen LogP contribution in [0.3, 0.4) is 0 Å². The van der Waals surface area contributed by atoms with E-state index in [4.69, 9.17) is 11.6 Å². The van der Waals surface area contributed by atoms with Crippen molar-refractivity contribution in [2.75, 3.05) is 40.3 Å². The molecule has 1 fully saturated rings. The van der Waals surface area contributed by atoms with Crippen molar-refractivity contribution in [2.24, 2.45) is 5.92 Å². The van der Waals surface area contributed by atoms with E-state index in [0.717, 1.165) is 12.2 Å². The molecule has 0 bridgehead atoms. The minimum Gasteiger partial charge on any atom is -0.355 e. The van der Waals surface area contributed by atoms with Crippen LogP contribution in [-0.4, -0.2) is 71.3 Å². The first-order valence-corrected chi connectivity index (χ1v) is 9.85. The molecular weight excluding hydrogens is 378 g/mol. The number of rotatable bonds is 6. The second-order valence-corrected chi connectivity index (χ2v) is 7.60. The summed E-state index contributed by atoms with van der Waals surface area (Å²) in [6.07, 6.45) is 6.46. The van der Waals surface area contributed by atoms with Gasteiger partial charge in [-0.3, -0.25) is 14.0 Å². The Morgan fingerprint density at radius 2 is 2.07 bits per heavy atom.